The Hall–Kier alpha value is -1.65. The van der Waals surface area contributed by atoms with Crippen LogP contribution in [0.2, 0.25) is 0 Å². The predicted octanol–water partition coefficient (Wildman–Crippen LogP) is 0.786. The first kappa shape index (κ1) is 14.9. The quantitative estimate of drug-likeness (QED) is 0.415. The number of ether oxygens (including phenoxy) is 1. The summed E-state index contributed by atoms with van der Waals surface area (Å²) in [6, 6.07) is 0. The van der Waals surface area contributed by atoms with Crippen molar-refractivity contribution in [1.82, 2.24) is 0 Å². The Morgan fingerprint density at radius 1 is 1.29 bits per heavy atom. The molecule has 0 heterocycles. The first-order valence-corrected chi connectivity index (χ1v) is 3.76. The molecule has 0 saturated carbocycles. The van der Waals surface area contributed by atoms with Crippen LogP contribution in [0.25, 0.3) is 0 Å². The van der Waals surface area contributed by atoms with Gasteiger partial charge >= 0.3 is 11.9 Å². The summed E-state index contributed by atoms with van der Waals surface area (Å²) in [4.78, 5) is 29.9. The number of Topliss-reactive ketones (excluding diaryl/α,β-unsaturated/α-hetero) is 1. The number of esters is 1. The maximum atomic E-state index is 10.2. The highest BCUT2D eigenvalue weighted by Crippen LogP contribution is 1.83. The van der Waals surface area contributed by atoms with Gasteiger partial charge in [-0.05, 0) is 13.8 Å². The second-order valence-electron chi connectivity index (χ2n) is 2.54. The lowest BCUT2D eigenvalue weighted by molar-refractivity contribution is -0.143. The van der Waals surface area contributed by atoms with E-state index in [-0.39, 0.29) is 17.8 Å². The number of hydrogen-bond donors (Lipinski definition) is 1. The van der Waals surface area contributed by atoms with Crippen LogP contribution in [0.1, 0.15) is 20.3 Å². The van der Waals surface area contributed by atoms with E-state index in [1.165, 1.54) is 21.0 Å². The average Bonchev–Trinajstić information content (AvgIpc) is 2.04. The highest BCUT2D eigenvalue weighted by Gasteiger charge is 2.01. The van der Waals surface area contributed by atoms with Crippen molar-refractivity contribution in [2.24, 2.45) is 0 Å². The van der Waals surface area contributed by atoms with Crippen molar-refractivity contribution in [1.29, 1.82) is 0 Å². The third kappa shape index (κ3) is 13.0. The van der Waals surface area contributed by atoms with Gasteiger partial charge < -0.3 is 9.84 Å². The fourth-order valence-electron chi connectivity index (χ4n) is 0.275. The minimum absolute atomic E-state index is 0.115. The summed E-state index contributed by atoms with van der Waals surface area (Å²) in [5.41, 5.74) is 0.176. The zero-order valence-electron chi connectivity index (χ0n) is 8.49. The van der Waals surface area contributed by atoms with Gasteiger partial charge in [-0.25, -0.2) is 4.79 Å². The van der Waals surface area contributed by atoms with E-state index in [2.05, 4.69) is 11.3 Å². The molecule has 0 aromatic rings. The molecule has 80 valence electrons. The monoisotopic (exact) mass is 202 g/mol. The summed E-state index contributed by atoms with van der Waals surface area (Å²) in [6.07, 6.45) is -0.115. The summed E-state index contributed by atoms with van der Waals surface area (Å²) in [5, 5.41) is 7.89. The molecule has 0 unspecified atom stereocenters. The topological polar surface area (TPSA) is 80.7 Å². The van der Waals surface area contributed by atoms with Gasteiger partial charge in [-0.3, -0.25) is 9.59 Å². The first-order valence-electron chi connectivity index (χ1n) is 3.76. The van der Waals surface area contributed by atoms with E-state index in [4.69, 9.17) is 5.11 Å². The predicted molar refractivity (Wildman–Crippen MR) is 49.8 cm³/mol. The van der Waals surface area contributed by atoms with Crippen molar-refractivity contribution in [2.75, 3.05) is 7.11 Å². The van der Waals surface area contributed by atoms with Crippen LogP contribution < -0.4 is 0 Å². The number of methoxy groups -OCH3 is 1. The summed E-state index contributed by atoms with van der Waals surface area (Å²) in [5.74, 6) is -1.58. The Morgan fingerprint density at radius 3 is 1.71 bits per heavy atom. The zero-order valence-corrected chi connectivity index (χ0v) is 8.49. The third-order valence-corrected chi connectivity index (χ3v) is 0.986. The average molecular weight is 202 g/mol. The molecule has 0 aromatic carbocycles. The summed E-state index contributed by atoms with van der Waals surface area (Å²) in [6.45, 7) is 5.95. The van der Waals surface area contributed by atoms with Crippen LogP contribution in [0, 0.1) is 0 Å². The molecule has 1 N–H and O–H groups in total. The molecule has 5 nitrogen and oxygen atoms in total. The summed E-state index contributed by atoms with van der Waals surface area (Å²) >= 11 is 0. The number of carbonyl (C=O) groups is 3. The molecule has 0 fully saturated rings. The lowest BCUT2D eigenvalue weighted by Gasteiger charge is -1.90. The molecule has 0 aliphatic rings. The van der Waals surface area contributed by atoms with E-state index < -0.39 is 11.9 Å². The maximum absolute atomic E-state index is 10.2. The van der Waals surface area contributed by atoms with Gasteiger partial charge in [0.15, 0.2) is 0 Å². The highest BCUT2D eigenvalue weighted by atomic mass is 16.5. The lowest BCUT2D eigenvalue weighted by atomic mass is 10.3. The normalized spacial score (nSPS) is 7.93. The second-order valence-corrected chi connectivity index (χ2v) is 2.54. The van der Waals surface area contributed by atoms with Crippen molar-refractivity contribution in [3.63, 3.8) is 0 Å². The van der Waals surface area contributed by atoms with Crippen molar-refractivity contribution in [2.45, 2.75) is 20.3 Å². The van der Waals surface area contributed by atoms with Gasteiger partial charge in [0, 0.05) is 5.57 Å². The van der Waals surface area contributed by atoms with Crippen molar-refractivity contribution in [3.05, 3.63) is 12.2 Å². The molecule has 0 rings (SSSR count). The fourth-order valence-corrected chi connectivity index (χ4v) is 0.275. The number of carbonyl (C=O) groups excluding carboxylic acids is 2. The van der Waals surface area contributed by atoms with Gasteiger partial charge in [0.2, 0.25) is 0 Å². The van der Waals surface area contributed by atoms with Crippen molar-refractivity contribution < 1.29 is 24.2 Å². The number of ketones is 1. The minimum Gasteiger partial charge on any atom is -0.478 e. The molecular formula is C9H14O5. The maximum Gasteiger partial charge on any atom is 0.330 e. The second kappa shape index (κ2) is 7.97. The Kier molecular flexibility index (Phi) is 8.46. The number of aliphatic carboxylic acids is 1. The van der Waals surface area contributed by atoms with E-state index in [9.17, 15) is 14.4 Å². The molecule has 0 spiro atoms. The largest absolute Gasteiger partial charge is 0.478 e. The van der Waals surface area contributed by atoms with Crippen LogP contribution in [0.4, 0.5) is 0 Å². The smallest absolute Gasteiger partial charge is 0.330 e. The fraction of sp³-hybridized carbons (Fsp3) is 0.444. The standard InChI is InChI=1S/C5H8O3.C4H6O2/c1-4(6)3-5(7)8-2;1-3(2)4(5)6/h3H2,1-2H3;1H2,2H3,(H,5,6). The highest BCUT2D eigenvalue weighted by molar-refractivity contribution is 5.93. The van der Waals surface area contributed by atoms with E-state index in [1.807, 2.05) is 0 Å². The molecule has 0 radical (unpaired) electrons. The van der Waals surface area contributed by atoms with E-state index in [0.717, 1.165) is 0 Å². The molecule has 0 saturated heterocycles. The van der Waals surface area contributed by atoms with Gasteiger partial charge in [-0.1, -0.05) is 6.58 Å². The van der Waals surface area contributed by atoms with Crippen molar-refractivity contribution in [3.8, 4) is 0 Å². The Balaban J connectivity index is 0. The van der Waals surface area contributed by atoms with Crippen LogP contribution in [-0.2, 0) is 19.1 Å². The minimum atomic E-state index is -0.935. The van der Waals surface area contributed by atoms with Crippen LogP contribution in [0.3, 0.4) is 0 Å². The number of carboxylic acid groups (broad SMARTS) is 1. The van der Waals surface area contributed by atoms with Crippen LogP contribution >= 0.6 is 0 Å². The Bertz CT molecular complexity index is 230. The number of rotatable bonds is 3. The molecule has 0 aliphatic heterocycles. The van der Waals surface area contributed by atoms with E-state index in [0.29, 0.717) is 0 Å². The van der Waals surface area contributed by atoms with Crippen LogP contribution in [0.15, 0.2) is 12.2 Å². The molecular weight excluding hydrogens is 188 g/mol. The van der Waals surface area contributed by atoms with Gasteiger partial charge in [-0.2, -0.15) is 0 Å². The van der Waals surface area contributed by atoms with E-state index in [1.54, 1.807) is 0 Å². The molecule has 5 heteroatoms. The first-order chi connectivity index (χ1) is 6.31. The molecule has 0 atom stereocenters. The van der Waals surface area contributed by atoms with Gasteiger partial charge in [0.05, 0.1) is 7.11 Å². The Morgan fingerprint density at radius 2 is 1.64 bits per heavy atom. The molecule has 14 heavy (non-hydrogen) atoms. The number of carboxylic acids is 1. The molecule has 0 bridgehead atoms. The lowest BCUT2D eigenvalue weighted by Crippen LogP contribution is -2.05. The molecule has 0 aliphatic carbocycles. The van der Waals surface area contributed by atoms with Crippen LogP contribution in [0.5, 0.6) is 0 Å². The molecule has 0 aromatic heterocycles. The van der Waals surface area contributed by atoms with E-state index >= 15 is 0 Å². The van der Waals surface area contributed by atoms with Gasteiger partial charge in [-0.15, -0.1) is 0 Å². The van der Waals surface area contributed by atoms with Gasteiger partial charge in [0.1, 0.15) is 12.2 Å². The van der Waals surface area contributed by atoms with Crippen molar-refractivity contribution >= 4 is 17.7 Å². The van der Waals surface area contributed by atoms with Crippen LogP contribution in [-0.4, -0.2) is 29.9 Å². The van der Waals surface area contributed by atoms with Gasteiger partial charge in [0.25, 0.3) is 0 Å². The Labute approximate surface area is 82.4 Å². The third-order valence-electron chi connectivity index (χ3n) is 0.986. The molecule has 0 amide bonds. The zero-order chi connectivity index (χ0) is 11.7. The SMILES string of the molecule is C=C(C)C(=O)O.COC(=O)CC(C)=O. The number of hydrogen-bond acceptors (Lipinski definition) is 4. The summed E-state index contributed by atoms with van der Waals surface area (Å²) in [7, 11) is 1.26. The summed E-state index contributed by atoms with van der Waals surface area (Å²) < 4.78 is 4.20.